The zero-order chi connectivity index (χ0) is 9.14. The molecule has 0 saturated heterocycles. The average molecular weight is 170 g/mol. The van der Waals surface area contributed by atoms with Crippen molar-refractivity contribution in [2.24, 2.45) is 0 Å². The fraction of sp³-hybridized carbons (Fsp3) is 0.714. The van der Waals surface area contributed by atoms with Gasteiger partial charge in [-0.15, -0.1) is 0 Å². The van der Waals surface area contributed by atoms with E-state index in [1.54, 1.807) is 4.57 Å². The van der Waals surface area contributed by atoms with Gasteiger partial charge in [0.2, 0.25) is 0 Å². The molecule has 0 amide bonds. The average Bonchev–Trinajstić information content (AvgIpc) is 2.32. The zero-order valence-electron chi connectivity index (χ0n) is 7.59. The fourth-order valence-electron chi connectivity index (χ4n) is 1.15. The first-order chi connectivity index (χ1) is 5.66. The Morgan fingerprint density at radius 1 is 1.67 bits per heavy atom. The van der Waals surface area contributed by atoms with Gasteiger partial charge in [-0.3, -0.25) is 4.57 Å². The molecule has 5 heteroatoms. The first-order valence-corrected chi connectivity index (χ1v) is 3.97. The van der Waals surface area contributed by atoms with Crippen LogP contribution in [0, 0.1) is 0 Å². The highest BCUT2D eigenvalue weighted by Gasteiger charge is 2.09. The Morgan fingerprint density at radius 3 is 2.83 bits per heavy atom. The van der Waals surface area contributed by atoms with E-state index >= 15 is 0 Å². The molecule has 1 aromatic heterocycles. The van der Waals surface area contributed by atoms with E-state index in [4.69, 9.17) is 0 Å². The number of nitrogens with zero attached hydrogens (tertiary/aromatic N) is 2. The molecule has 2 N–H and O–H groups in total. The van der Waals surface area contributed by atoms with Gasteiger partial charge >= 0.3 is 5.69 Å². The maximum absolute atomic E-state index is 11.2. The van der Waals surface area contributed by atoms with E-state index in [-0.39, 0.29) is 11.7 Å². The molecule has 0 atom stereocenters. The van der Waals surface area contributed by atoms with Crippen LogP contribution in [0.2, 0.25) is 0 Å². The first-order valence-electron chi connectivity index (χ1n) is 3.97. The summed E-state index contributed by atoms with van der Waals surface area (Å²) in [4.78, 5) is 11.2. The summed E-state index contributed by atoms with van der Waals surface area (Å²) in [6.45, 7) is 4.52. The van der Waals surface area contributed by atoms with Crippen LogP contribution in [0.1, 0.15) is 25.7 Å². The Labute approximate surface area is 70.8 Å². The molecule has 0 saturated carbocycles. The molecule has 0 aliphatic rings. The van der Waals surface area contributed by atoms with Crippen molar-refractivity contribution in [3.63, 3.8) is 0 Å². The lowest BCUT2D eigenvalue weighted by atomic mass is 10.4. The summed E-state index contributed by atoms with van der Waals surface area (Å²) in [5, 5.41) is 9.26. The molecule has 0 spiro atoms. The third-order valence-electron chi connectivity index (χ3n) is 1.63. The molecule has 68 valence electrons. The summed E-state index contributed by atoms with van der Waals surface area (Å²) < 4.78 is 1.64. The Kier molecular flexibility index (Phi) is 2.65. The van der Waals surface area contributed by atoms with Crippen LogP contribution in [0.25, 0.3) is 0 Å². The molecule has 0 radical (unpaired) electrons. The molecule has 0 fully saturated rings. The second kappa shape index (κ2) is 3.53. The topological polar surface area (TPSA) is 62.7 Å². The Hall–Kier alpha value is -1.10. The summed E-state index contributed by atoms with van der Waals surface area (Å²) >= 11 is 0. The predicted octanol–water partition coefficient (Wildman–Crippen LogP) is -0.128. The van der Waals surface area contributed by atoms with Crippen LogP contribution in [0.5, 0.6) is 0 Å². The molecule has 0 aliphatic carbocycles. The lowest BCUT2D eigenvalue weighted by Crippen LogP contribution is -2.22. The largest absolute Gasteiger partial charge is 0.343 e. The van der Waals surface area contributed by atoms with E-state index in [0.29, 0.717) is 6.54 Å². The van der Waals surface area contributed by atoms with E-state index in [0.717, 1.165) is 5.82 Å². The fourth-order valence-corrected chi connectivity index (χ4v) is 1.15. The van der Waals surface area contributed by atoms with Gasteiger partial charge in [0.25, 0.3) is 0 Å². The van der Waals surface area contributed by atoms with Crippen LogP contribution >= 0.6 is 0 Å². The molecule has 0 unspecified atom stereocenters. The molecular formula is C7H14N4O. The summed E-state index contributed by atoms with van der Waals surface area (Å²) in [5.41, 5.74) is -0.143. The van der Waals surface area contributed by atoms with E-state index in [1.165, 1.54) is 0 Å². The molecular weight excluding hydrogens is 156 g/mol. The molecule has 0 aromatic carbocycles. The van der Waals surface area contributed by atoms with Gasteiger partial charge in [-0.1, -0.05) is 0 Å². The summed E-state index contributed by atoms with van der Waals surface area (Å²) in [6.07, 6.45) is 0. The van der Waals surface area contributed by atoms with Crippen molar-refractivity contribution in [2.75, 3.05) is 7.05 Å². The summed E-state index contributed by atoms with van der Waals surface area (Å²) in [7, 11) is 1.82. The number of nitrogens with one attached hydrogen (secondary N) is 2. The van der Waals surface area contributed by atoms with Gasteiger partial charge in [0.05, 0.1) is 6.54 Å². The monoisotopic (exact) mass is 170 g/mol. The number of aromatic amines is 1. The summed E-state index contributed by atoms with van der Waals surface area (Å²) in [5.74, 6) is 0.748. The normalized spacial score (nSPS) is 11.0. The molecule has 0 bridgehead atoms. The SMILES string of the molecule is CNCc1n[nH]c(=O)n1C(C)C. The number of H-pyrrole nitrogens is 1. The minimum absolute atomic E-state index is 0.143. The lowest BCUT2D eigenvalue weighted by molar-refractivity contribution is 0.541. The first kappa shape index (κ1) is 8.99. The van der Waals surface area contributed by atoms with Crippen molar-refractivity contribution >= 4 is 0 Å². The lowest BCUT2D eigenvalue weighted by Gasteiger charge is -2.07. The second-order valence-electron chi connectivity index (χ2n) is 2.94. The van der Waals surface area contributed by atoms with Crippen LogP contribution in [0.4, 0.5) is 0 Å². The van der Waals surface area contributed by atoms with Gasteiger partial charge in [-0.05, 0) is 20.9 Å². The maximum Gasteiger partial charge on any atom is 0.343 e. The molecule has 1 rings (SSSR count). The highest BCUT2D eigenvalue weighted by molar-refractivity contribution is 4.87. The molecule has 5 nitrogen and oxygen atoms in total. The van der Waals surface area contributed by atoms with Gasteiger partial charge in [0.1, 0.15) is 5.82 Å². The van der Waals surface area contributed by atoms with Crippen molar-refractivity contribution in [3.05, 3.63) is 16.3 Å². The highest BCUT2D eigenvalue weighted by atomic mass is 16.1. The van der Waals surface area contributed by atoms with E-state index in [1.807, 2.05) is 20.9 Å². The minimum Gasteiger partial charge on any atom is -0.313 e. The number of hydrogen-bond acceptors (Lipinski definition) is 3. The number of aromatic nitrogens is 3. The molecule has 1 heterocycles. The van der Waals surface area contributed by atoms with Crippen LogP contribution < -0.4 is 11.0 Å². The van der Waals surface area contributed by atoms with Gasteiger partial charge in [-0.2, -0.15) is 5.10 Å². The smallest absolute Gasteiger partial charge is 0.313 e. The Morgan fingerprint density at radius 2 is 2.33 bits per heavy atom. The third kappa shape index (κ3) is 1.55. The second-order valence-corrected chi connectivity index (χ2v) is 2.94. The van der Waals surface area contributed by atoms with Gasteiger partial charge in [0.15, 0.2) is 0 Å². The molecule has 12 heavy (non-hydrogen) atoms. The van der Waals surface area contributed by atoms with Gasteiger partial charge < -0.3 is 5.32 Å². The van der Waals surface area contributed by atoms with E-state index in [9.17, 15) is 4.79 Å². The van der Waals surface area contributed by atoms with Crippen molar-refractivity contribution in [1.29, 1.82) is 0 Å². The number of rotatable bonds is 3. The minimum atomic E-state index is -0.143. The maximum atomic E-state index is 11.2. The standard InChI is InChI=1S/C7H14N4O/c1-5(2)11-6(4-8-3)9-10-7(11)12/h5,8H,4H2,1-3H3,(H,10,12). The van der Waals surface area contributed by atoms with E-state index < -0.39 is 0 Å². The summed E-state index contributed by atoms with van der Waals surface area (Å²) in [6, 6.07) is 0.152. The molecule has 0 aliphatic heterocycles. The van der Waals surface area contributed by atoms with Gasteiger partial charge in [0, 0.05) is 6.04 Å². The van der Waals surface area contributed by atoms with Crippen LogP contribution in [0.15, 0.2) is 4.79 Å². The van der Waals surface area contributed by atoms with Gasteiger partial charge in [-0.25, -0.2) is 9.89 Å². The quantitative estimate of drug-likeness (QED) is 0.664. The Balaban J connectivity index is 3.04. The van der Waals surface area contributed by atoms with Crippen LogP contribution in [0.3, 0.4) is 0 Å². The molecule has 1 aromatic rings. The van der Waals surface area contributed by atoms with Crippen molar-refractivity contribution in [2.45, 2.75) is 26.4 Å². The Bertz CT molecular complexity index is 299. The van der Waals surface area contributed by atoms with Crippen molar-refractivity contribution in [3.8, 4) is 0 Å². The van der Waals surface area contributed by atoms with Crippen LogP contribution in [-0.2, 0) is 6.54 Å². The highest BCUT2D eigenvalue weighted by Crippen LogP contribution is 2.01. The zero-order valence-corrected chi connectivity index (χ0v) is 7.59. The third-order valence-corrected chi connectivity index (χ3v) is 1.63. The predicted molar refractivity (Wildman–Crippen MR) is 46.0 cm³/mol. The van der Waals surface area contributed by atoms with Crippen molar-refractivity contribution in [1.82, 2.24) is 20.1 Å². The number of hydrogen-bond donors (Lipinski definition) is 2. The van der Waals surface area contributed by atoms with Crippen LogP contribution in [-0.4, -0.2) is 21.8 Å². The van der Waals surface area contributed by atoms with E-state index in [2.05, 4.69) is 15.5 Å². The van der Waals surface area contributed by atoms with Crippen molar-refractivity contribution < 1.29 is 0 Å².